The zero-order valence-electron chi connectivity index (χ0n) is 19.5. The molecule has 0 saturated carbocycles. The Kier molecular flexibility index (Phi) is 4.55. The highest BCUT2D eigenvalue weighted by Gasteiger charge is 2.39. The van der Waals surface area contributed by atoms with Crippen molar-refractivity contribution in [2.45, 2.75) is 6.17 Å². The third kappa shape index (κ3) is 3.18. The number of rotatable bonds is 3. The molecule has 37 heavy (non-hydrogen) atoms. The molecular weight excluding hydrogens is 494 g/mol. The number of benzene rings is 3. The number of nitrogens with one attached hydrogen (secondary N) is 1. The number of fused-ring (bicyclic) bond motifs is 4. The SMILES string of the molecule is c1ccc(-c2nc(-c3ccccc3)nc(N3c4ccsc4-c4cccc5c4C3Nc3ccsc3-5)n2)cc1. The van der Waals surface area contributed by atoms with E-state index < -0.39 is 0 Å². The predicted molar refractivity (Wildman–Crippen MR) is 152 cm³/mol. The van der Waals surface area contributed by atoms with E-state index >= 15 is 0 Å². The lowest BCUT2D eigenvalue weighted by atomic mass is 9.89. The summed E-state index contributed by atoms with van der Waals surface area (Å²) in [7, 11) is 0. The number of nitrogens with zero attached hydrogens (tertiary/aromatic N) is 4. The van der Waals surface area contributed by atoms with E-state index in [0.29, 0.717) is 17.6 Å². The second kappa shape index (κ2) is 8.09. The molecule has 1 unspecified atom stereocenters. The van der Waals surface area contributed by atoms with Crippen LogP contribution < -0.4 is 10.2 Å². The second-order valence-electron chi connectivity index (χ2n) is 9.00. The number of anilines is 3. The molecule has 6 aromatic rings. The molecule has 0 saturated heterocycles. The quantitative estimate of drug-likeness (QED) is 0.258. The van der Waals surface area contributed by atoms with Gasteiger partial charge in [0.15, 0.2) is 11.6 Å². The zero-order chi connectivity index (χ0) is 24.3. The van der Waals surface area contributed by atoms with Gasteiger partial charge in [0.1, 0.15) is 6.17 Å². The number of hydrogen-bond donors (Lipinski definition) is 1. The summed E-state index contributed by atoms with van der Waals surface area (Å²) < 4.78 is 0. The Hall–Kier alpha value is -4.33. The molecule has 0 bridgehead atoms. The summed E-state index contributed by atoms with van der Waals surface area (Å²) in [5, 5.41) is 8.12. The molecule has 0 aliphatic carbocycles. The van der Waals surface area contributed by atoms with Gasteiger partial charge in [-0.2, -0.15) is 9.97 Å². The molecule has 5 nitrogen and oxygen atoms in total. The molecule has 0 fully saturated rings. The van der Waals surface area contributed by atoms with Gasteiger partial charge in [0.05, 0.1) is 21.1 Å². The summed E-state index contributed by atoms with van der Waals surface area (Å²) in [5.74, 6) is 1.95. The average Bonchev–Trinajstić information content (AvgIpc) is 3.64. The van der Waals surface area contributed by atoms with Crippen molar-refractivity contribution in [3.8, 4) is 43.7 Å². The van der Waals surface area contributed by atoms with Gasteiger partial charge >= 0.3 is 0 Å². The van der Waals surface area contributed by atoms with Crippen molar-refractivity contribution >= 4 is 40.0 Å². The maximum atomic E-state index is 5.07. The van der Waals surface area contributed by atoms with Crippen LogP contribution in [0.3, 0.4) is 0 Å². The minimum Gasteiger partial charge on any atom is -0.360 e. The van der Waals surface area contributed by atoms with E-state index in [0.717, 1.165) is 22.5 Å². The van der Waals surface area contributed by atoms with E-state index in [9.17, 15) is 0 Å². The highest BCUT2D eigenvalue weighted by atomic mass is 32.1. The van der Waals surface area contributed by atoms with E-state index in [-0.39, 0.29) is 6.17 Å². The van der Waals surface area contributed by atoms with Gasteiger partial charge in [-0.25, -0.2) is 4.98 Å². The van der Waals surface area contributed by atoms with Crippen molar-refractivity contribution in [3.63, 3.8) is 0 Å². The first-order chi connectivity index (χ1) is 18.3. The van der Waals surface area contributed by atoms with Crippen molar-refractivity contribution < 1.29 is 0 Å². The van der Waals surface area contributed by atoms with Gasteiger partial charge in [0.2, 0.25) is 5.95 Å². The Labute approximate surface area is 221 Å². The molecule has 176 valence electrons. The summed E-state index contributed by atoms with van der Waals surface area (Å²) in [4.78, 5) is 19.8. The van der Waals surface area contributed by atoms with Crippen molar-refractivity contribution in [3.05, 3.63) is 107 Å². The largest absolute Gasteiger partial charge is 0.360 e. The summed E-state index contributed by atoms with van der Waals surface area (Å²) >= 11 is 3.53. The van der Waals surface area contributed by atoms with Crippen molar-refractivity contribution in [1.82, 2.24) is 15.0 Å². The van der Waals surface area contributed by atoms with Crippen LogP contribution in [0.25, 0.3) is 43.7 Å². The number of hydrogen-bond acceptors (Lipinski definition) is 7. The smallest absolute Gasteiger partial charge is 0.236 e. The monoisotopic (exact) mass is 513 g/mol. The third-order valence-corrected chi connectivity index (χ3v) is 8.78. The average molecular weight is 514 g/mol. The fourth-order valence-electron chi connectivity index (χ4n) is 5.26. The van der Waals surface area contributed by atoms with Crippen LogP contribution in [0.2, 0.25) is 0 Å². The Balaban J connectivity index is 1.39. The van der Waals surface area contributed by atoms with Gasteiger partial charge in [-0.15, -0.1) is 22.7 Å². The number of thiophene rings is 2. The molecule has 1 atom stereocenters. The van der Waals surface area contributed by atoms with Crippen LogP contribution in [-0.4, -0.2) is 15.0 Å². The first kappa shape index (κ1) is 20.8. The van der Waals surface area contributed by atoms with Gasteiger partial charge < -0.3 is 5.32 Å². The summed E-state index contributed by atoms with van der Waals surface area (Å²) in [6.45, 7) is 0. The third-order valence-electron chi connectivity index (χ3n) is 6.89. The van der Waals surface area contributed by atoms with Crippen LogP contribution in [0.4, 0.5) is 17.3 Å². The molecular formula is C30H19N5S2. The molecule has 3 aromatic heterocycles. The van der Waals surface area contributed by atoms with Gasteiger partial charge in [-0.05, 0) is 22.9 Å². The Bertz CT molecular complexity index is 1700. The van der Waals surface area contributed by atoms with Crippen LogP contribution in [0, 0.1) is 0 Å². The molecule has 2 aliphatic rings. The fraction of sp³-hybridized carbons (Fsp3) is 0.0333. The lowest BCUT2D eigenvalue weighted by Gasteiger charge is -2.41. The van der Waals surface area contributed by atoms with E-state index in [1.165, 1.54) is 26.4 Å². The van der Waals surface area contributed by atoms with Crippen molar-refractivity contribution in [2.75, 3.05) is 10.2 Å². The lowest BCUT2D eigenvalue weighted by Crippen LogP contribution is -2.36. The van der Waals surface area contributed by atoms with E-state index in [1.807, 2.05) is 60.7 Å². The summed E-state index contributed by atoms with van der Waals surface area (Å²) in [6, 6.07) is 31.2. The van der Waals surface area contributed by atoms with Gasteiger partial charge in [0.25, 0.3) is 0 Å². The summed E-state index contributed by atoms with van der Waals surface area (Å²) in [6.07, 6.45) is -0.134. The molecule has 5 heterocycles. The lowest BCUT2D eigenvalue weighted by molar-refractivity contribution is 0.753. The molecule has 0 amide bonds. The van der Waals surface area contributed by atoms with Crippen LogP contribution in [0.15, 0.2) is 102 Å². The minimum atomic E-state index is -0.134. The first-order valence-electron chi connectivity index (χ1n) is 12.1. The highest BCUT2D eigenvalue weighted by Crippen LogP contribution is 2.56. The maximum Gasteiger partial charge on any atom is 0.236 e. The molecule has 0 spiro atoms. The minimum absolute atomic E-state index is 0.134. The fourth-order valence-corrected chi connectivity index (χ4v) is 7.09. The second-order valence-corrected chi connectivity index (χ2v) is 10.8. The number of aromatic nitrogens is 3. The molecule has 1 N–H and O–H groups in total. The van der Waals surface area contributed by atoms with Crippen LogP contribution in [-0.2, 0) is 0 Å². The van der Waals surface area contributed by atoms with E-state index in [1.54, 1.807) is 22.7 Å². The predicted octanol–water partition coefficient (Wildman–Crippen LogP) is 8.24. The standard InChI is InChI=1S/C30H19N5S2/c1-3-8-18(9-4-1)27-32-28(19-10-5-2-6-11-19)34-30(33-27)35-23-15-17-37-26(23)21-13-7-12-20-24(21)29(35)31-22-14-16-36-25(20)22/h1-17,29,31H. The molecule has 8 rings (SSSR count). The Morgan fingerprint density at radius 1 is 0.622 bits per heavy atom. The van der Waals surface area contributed by atoms with Crippen molar-refractivity contribution in [2.24, 2.45) is 0 Å². The van der Waals surface area contributed by atoms with E-state index in [4.69, 9.17) is 15.0 Å². The van der Waals surface area contributed by atoms with Crippen LogP contribution >= 0.6 is 22.7 Å². The van der Waals surface area contributed by atoms with Gasteiger partial charge in [-0.1, -0.05) is 78.9 Å². The Morgan fingerprint density at radius 3 is 1.95 bits per heavy atom. The summed E-state index contributed by atoms with van der Waals surface area (Å²) in [5.41, 5.74) is 7.99. The molecule has 0 radical (unpaired) electrons. The topological polar surface area (TPSA) is 53.9 Å². The normalized spacial score (nSPS) is 14.9. The van der Waals surface area contributed by atoms with E-state index in [2.05, 4.69) is 51.3 Å². The molecule has 7 heteroatoms. The van der Waals surface area contributed by atoms with Crippen molar-refractivity contribution in [1.29, 1.82) is 0 Å². The molecule has 2 aliphatic heterocycles. The van der Waals surface area contributed by atoms with Crippen LogP contribution in [0.5, 0.6) is 0 Å². The van der Waals surface area contributed by atoms with Crippen LogP contribution in [0.1, 0.15) is 11.7 Å². The zero-order valence-corrected chi connectivity index (χ0v) is 21.1. The highest BCUT2D eigenvalue weighted by molar-refractivity contribution is 7.15. The van der Waals surface area contributed by atoms with Gasteiger partial charge in [-0.3, -0.25) is 4.90 Å². The molecule has 3 aromatic carbocycles. The van der Waals surface area contributed by atoms with Gasteiger partial charge in [0, 0.05) is 27.8 Å². The maximum absolute atomic E-state index is 5.07. The first-order valence-corrected chi connectivity index (χ1v) is 13.8. The Morgan fingerprint density at radius 2 is 1.24 bits per heavy atom.